The maximum absolute atomic E-state index is 14.0. The first-order valence-corrected chi connectivity index (χ1v) is 11.0. The monoisotopic (exact) mass is 471 g/mol. The molecule has 34 heavy (non-hydrogen) atoms. The van der Waals surface area contributed by atoms with Gasteiger partial charge < -0.3 is 10.1 Å². The van der Waals surface area contributed by atoms with E-state index in [2.05, 4.69) is 25.4 Å². The molecule has 10 nitrogen and oxygen atoms in total. The average molecular weight is 472 g/mol. The number of anilines is 2. The van der Waals surface area contributed by atoms with Crippen molar-refractivity contribution in [1.29, 1.82) is 0 Å². The highest BCUT2D eigenvalue weighted by molar-refractivity contribution is 5.77. The van der Waals surface area contributed by atoms with Crippen LogP contribution in [0.2, 0.25) is 0 Å². The molecule has 0 unspecified atom stereocenters. The summed E-state index contributed by atoms with van der Waals surface area (Å²) in [5.41, 5.74) is 0.623. The summed E-state index contributed by atoms with van der Waals surface area (Å²) in [4.78, 5) is 23.0. The van der Waals surface area contributed by atoms with E-state index < -0.39 is 10.7 Å². The molecular formula is C23H30FN7O3. The normalized spacial score (nSPS) is 9.41. The number of pyridine rings is 2. The summed E-state index contributed by atoms with van der Waals surface area (Å²) in [5.74, 6) is 0.109. The molecule has 4 aromatic rings. The van der Waals surface area contributed by atoms with Gasteiger partial charge in [-0.05, 0) is 12.1 Å². The van der Waals surface area contributed by atoms with E-state index in [-0.39, 0.29) is 23.0 Å². The topological polar surface area (TPSA) is 120 Å². The van der Waals surface area contributed by atoms with Crippen LogP contribution in [-0.4, -0.2) is 36.6 Å². The molecule has 11 heteroatoms. The maximum atomic E-state index is 14.0. The Balaban J connectivity index is 0.000000894. The number of ether oxygens (including phenoxy) is 1. The summed E-state index contributed by atoms with van der Waals surface area (Å²) in [6.07, 6.45) is 3.70. The molecule has 0 aliphatic carbocycles. The largest absolute Gasteiger partial charge is 0.481 e. The summed E-state index contributed by atoms with van der Waals surface area (Å²) < 4.78 is 20.4. The SMILES string of the molecule is CC.CC.CC.COc1cccc(-c2nc(Nc3ccncc3F)c3cc([N+](=O)[O-])cn3n2)n1. The Hall–Kier alpha value is -4.15. The molecule has 1 N–H and O–H groups in total. The lowest BCUT2D eigenvalue weighted by molar-refractivity contribution is -0.384. The summed E-state index contributed by atoms with van der Waals surface area (Å²) in [7, 11) is 1.48. The molecule has 0 aromatic carbocycles. The molecular weight excluding hydrogens is 441 g/mol. The van der Waals surface area contributed by atoms with Crippen LogP contribution in [0.25, 0.3) is 17.0 Å². The van der Waals surface area contributed by atoms with Crippen LogP contribution in [0.3, 0.4) is 0 Å². The van der Waals surface area contributed by atoms with Gasteiger partial charge in [-0.25, -0.2) is 18.9 Å². The van der Waals surface area contributed by atoms with Crippen LogP contribution in [0.5, 0.6) is 5.88 Å². The van der Waals surface area contributed by atoms with Crippen molar-refractivity contribution in [3.63, 3.8) is 0 Å². The van der Waals surface area contributed by atoms with Crippen LogP contribution < -0.4 is 10.1 Å². The van der Waals surface area contributed by atoms with E-state index >= 15 is 0 Å². The first-order chi connectivity index (χ1) is 16.5. The summed E-state index contributed by atoms with van der Waals surface area (Å²) in [6, 6.07) is 7.76. The van der Waals surface area contributed by atoms with Crippen molar-refractivity contribution in [3.05, 3.63) is 64.9 Å². The maximum Gasteiger partial charge on any atom is 0.289 e. The van der Waals surface area contributed by atoms with E-state index in [0.29, 0.717) is 17.1 Å². The Morgan fingerprint density at radius 2 is 1.79 bits per heavy atom. The van der Waals surface area contributed by atoms with E-state index in [9.17, 15) is 14.5 Å². The fourth-order valence-electron chi connectivity index (χ4n) is 2.54. The Morgan fingerprint density at radius 1 is 1.09 bits per heavy atom. The summed E-state index contributed by atoms with van der Waals surface area (Å²) in [6.45, 7) is 12.0. The van der Waals surface area contributed by atoms with E-state index in [1.807, 2.05) is 41.5 Å². The van der Waals surface area contributed by atoms with Gasteiger partial charge >= 0.3 is 0 Å². The molecule has 0 aliphatic heterocycles. The Morgan fingerprint density at radius 3 is 2.41 bits per heavy atom. The number of nitrogens with one attached hydrogen (secondary N) is 1. The highest BCUT2D eigenvalue weighted by Crippen LogP contribution is 2.28. The number of halogens is 1. The predicted molar refractivity (Wildman–Crippen MR) is 131 cm³/mol. The van der Waals surface area contributed by atoms with Crippen molar-refractivity contribution in [1.82, 2.24) is 24.6 Å². The average Bonchev–Trinajstić information content (AvgIpc) is 3.34. The number of methoxy groups -OCH3 is 1. The standard InChI is InChI=1S/C17H12FN7O3.3C2H6/c1-28-15-4-2-3-13(20-15)16-22-17(21-12-5-6-19-8-11(12)18)14-7-10(25(26)27)9-24(14)23-16;3*1-2/h2-9H,1H3,(H,19,21,22,23);3*1-2H3. The first kappa shape index (κ1) is 27.9. The molecule has 0 aliphatic rings. The van der Waals surface area contributed by atoms with Crippen LogP contribution in [0.4, 0.5) is 21.6 Å². The molecule has 0 atom stereocenters. The molecule has 4 aromatic heterocycles. The molecule has 0 saturated heterocycles. The van der Waals surface area contributed by atoms with Crippen LogP contribution in [0.15, 0.2) is 48.9 Å². The van der Waals surface area contributed by atoms with Crippen molar-refractivity contribution in [3.8, 4) is 17.4 Å². The van der Waals surface area contributed by atoms with E-state index in [1.54, 1.807) is 18.2 Å². The quantitative estimate of drug-likeness (QED) is 0.275. The molecule has 0 bridgehead atoms. The van der Waals surface area contributed by atoms with Gasteiger partial charge in [-0.15, -0.1) is 5.10 Å². The first-order valence-electron chi connectivity index (χ1n) is 11.0. The predicted octanol–water partition coefficient (Wildman–Crippen LogP) is 6.06. The van der Waals surface area contributed by atoms with E-state index in [0.717, 1.165) is 6.20 Å². The molecule has 0 saturated carbocycles. The van der Waals surface area contributed by atoms with Crippen molar-refractivity contribution in [2.45, 2.75) is 41.5 Å². The summed E-state index contributed by atoms with van der Waals surface area (Å²) >= 11 is 0. The molecule has 0 amide bonds. The minimum atomic E-state index is -0.596. The third-order valence-corrected chi connectivity index (χ3v) is 3.85. The van der Waals surface area contributed by atoms with Gasteiger partial charge in [0.05, 0.1) is 23.9 Å². The molecule has 0 radical (unpaired) electrons. The number of hydrogen-bond acceptors (Lipinski definition) is 8. The second kappa shape index (κ2) is 14.1. The Kier molecular flexibility index (Phi) is 11.6. The Labute approximate surface area is 198 Å². The molecule has 4 heterocycles. The van der Waals surface area contributed by atoms with Gasteiger partial charge in [0.2, 0.25) is 11.7 Å². The van der Waals surface area contributed by atoms with Crippen LogP contribution in [0.1, 0.15) is 41.5 Å². The minimum Gasteiger partial charge on any atom is -0.481 e. The van der Waals surface area contributed by atoms with Crippen LogP contribution in [-0.2, 0) is 0 Å². The number of fused-ring (bicyclic) bond motifs is 1. The smallest absolute Gasteiger partial charge is 0.289 e. The number of rotatable bonds is 5. The molecule has 0 fully saturated rings. The third kappa shape index (κ3) is 6.67. The highest BCUT2D eigenvalue weighted by atomic mass is 19.1. The zero-order chi connectivity index (χ0) is 25.7. The zero-order valence-corrected chi connectivity index (χ0v) is 20.4. The van der Waals surface area contributed by atoms with Gasteiger partial charge in [-0.1, -0.05) is 47.6 Å². The van der Waals surface area contributed by atoms with Gasteiger partial charge in [0.15, 0.2) is 11.6 Å². The van der Waals surface area contributed by atoms with Gasteiger partial charge in [-0.3, -0.25) is 15.1 Å². The Bertz CT molecular complexity index is 1200. The fourth-order valence-corrected chi connectivity index (χ4v) is 2.54. The second-order valence-electron chi connectivity index (χ2n) is 5.61. The van der Waals surface area contributed by atoms with Gasteiger partial charge in [0, 0.05) is 18.3 Å². The molecule has 4 rings (SSSR count). The van der Waals surface area contributed by atoms with Crippen LogP contribution >= 0.6 is 0 Å². The number of hydrogen-bond donors (Lipinski definition) is 1. The highest BCUT2D eigenvalue weighted by Gasteiger charge is 2.18. The number of nitrogens with zero attached hydrogens (tertiary/aromatic N) is 6. The number of aromatic nitrogens is 5. The lowest BCUT2D eigenvalue weighted by Gasteiger charge is -2.10. The minimum absolute atomic E-state index is 0.115. The van der Waals surface area contributed by atoms with E-state index in [4.69, 9.17) is 4.74 Å². The van der Waals surface area contributed by atoms with Crippen molar-refractivity contribution in [2.24, 2.45) is 0 Å². The van der Waals surface area contributed by atoms with Crippen molar-refractivity contribution < 1.29 is 14.1 Å². The van der Waals surface area contributed by atoms with E-state index in [1.165, 1.54) is 36.2 Å². The second-order valence-corrected chi connectivity index (χ2v) is 5.61. The van der Waals surface area contributed by atoms with Crippen LogP contribution in [0, 0.1) is 15.9 Å². The van der Waals surface area contributed by atoms with Gasteiger partial charge in [0.1, 0.15) is 17.4 Å². The third-order valence-electron chi connectivity index (χ3n) is 3.85. The van der Waals surface area contributed by atoms with Crippen molar-refractivity contribution in [2.75, 3.05) is 12.4 Å². The lowest BCUT2D eigenvalue weighted by Crippen LogP contribution is -2.05. The lowest BCUT2D eigenvalue weighted by atomic mass is 10.3. The van der Waals surface area contributed by atoms with Crippen molar-refractivity contribution >= 4 is 22.7 Å². The fraction of sp³-hybridized carbons (Fsp3) is 0.304. The zero-order valence-electron chi connectivity index (χ0n) is 20.4. The van der Waals surface area contributed by atoms with Gasteiger partial charge in [0.25, 0.3) is 5.69 Å². The van der Waals surface area contributed by atoms with Gasteiger partial charge in [-0.2, -0.15) is 0 Å². The summed E-state index contributed by atoms with van der Waals surface area (Å²) in [5, 5.41) is 18.3. The molecule has 182 valence electrons. The molecule has 0 spiro atoms. The number of nitro groups is 1.